The fraction of sp³-hybridized carbons (Fsp3) is 0.517. The molecule has 5 heterocycles. The zero-order valence-electron chi connectivity index (χ0n) is 23.1. The van der Waals surface area contributed by atoms with Crippen molar-refractivity contribution in [2.45, 2.75) is 18.9 Å². The van der Waals surface area contributed by atoms with Gasteiger partial charge < -0.3 is 30.4 Å². The van der Waals surface area contributed by atoms with Crippen LogP contribution in [0.15, 0.2) is 42.6 Å². The number of nitrogens with one attached hydrogen (secondary N) is 2. The number of phenols is 1. The number of aromatic hydroxyl groups is 1. The highest BCUT2D eigenvalue weighted by atomic mass is 16.3. The lowest BCUT2D eigenvalue weighted by molar-refractivity contribution is -0.0373. The molecule has 0 radical (unpaired) electrons. The van der Waals surface area contributed by atoms with Crippen LogP contribution >= 0.6 is 0 Å². The molecule has 3 N–H and O–H groups in total. The Kier molecular flexibility index (Phi) is 6.55. The van der Waals surface area contributed by atoms with Gasteiger partial charge in [-0.15, -0.1) is 10.2 Å². The fourth-order valence-electron chi connectivity index (χ4n) is 6.72. The zero-order chi connectivity index (χ0) is 27.1. The van der Waals surface area contributed by atoms with E-state index in [1.807, 2.05) is 37.5 Å². The predicted molar refractivity (Wildman–Crippen MR) is 157 cm³/mol. The van der Waals surface area contributed by atoms with Crippen LogP contribution in [0, 0.1) is 5.41 Å². The van der Waals surface area contributed by atoms with E-state index in [-0.39, 0.29) is 5.75 Å². The summed E-state index contributed by atoms with van der Waals surface area (Å²) in [5, 5.41) is 25.7. The molecule has 3 aromatic rings. The van der Waals surface area contributed by atoms with Gasteiger partial charge in [0, 0.05) is 90.3 Å². The first-order chi connectivity index (χ1) is 19.6. The van der Waals surface area contributed by atoms with Crippen molar-refractivity contribution in [1.82, 2.24) is 30.4 Å². The Bertz CT molecular complexity index is 1340. The molecule has 11 nitrogen and oxygen atoms in total. The summed E-state index contributed by atoms with van der Waals surface area (Å²) in [4.78, 5) is 19.3. The number of para-hydroxylation sites is 1. The summed E-state index contributed by atoms with van der Waals surface area (Å²) >= 11 is 0. The third-order valence-corrected chi connectivity index (χ3v) is 9.21. The second kappa shape index (κ2) is 10.4. The average molecular weight is 543 g/mol. The average Bonchev–Trinajstić information content (AvgIpc) is 2.96. The molecule has 7 rings (SSSR count). The molecular weight excluding hydrogens is 504 g/mol. The maximum atomic E-state index is 10.3. The van der Waals surface area contributed by atoms with Crippen LogP contribution in [0.1, 0.15) is 12.8 Å². The molecule has 1 aliphatic carbocycles. The number of aromatic nitrogens is 4. The minimum absolute atomic E-state index is 0.200. The van der Waals surface area contributed by atoms with Gasteiger partial charge in [0.2, 0.25) is 5.95 Å². The third kappa shape index (κ3) is 4.66. The highest BCUT2D eigenvalue weighted by Crippen LogP contribution is 2.46. The molecule has 2 aromatic heterocycles. The monoisotopic (exact) mass is 542 g/mol. The quantitative estimate of drug-likeness (QED) is 0.425. The summed E-state index contributed by atoms with van der Waals surface area (Å²) in [6, 6.07) is 12.1. The van der Waals surface area contributed by atoms with Crippen molar-refractivity contribution in [3.05, 3.63) is 42.6 Å². The molecule has 1 aromatic carbocycles. The molecule has 0 atom stereocenters. The van der Waals surface area contributed by atoms with Crippen LogP contribution in [0.3, 0.4) is 0 Å². The van der Waals surface area contributed by atoms with Crippen molar-refractivity contribution in [1.29, 1.82) is 0 Å². The zero-order valence-corrected chi connectivity index (χ0v) is 23.1. The first-order valence-electron chi connectivity index (χ1n) is 14.5. The van der Waals surface area contributed by atoms with Gasteiger partial charge in [0.25, 0.3) is 0 Å². The Morgan fingerprint density at radius 3 is 2.33 bits per heavy atom. The Hall–Kier alpha value is -3.70. The van der Waals surface area contributed by atoms with Gasteiger partial charge in [-0.05, 0) is 42.5 Å². The molecule has 0 bridgehead atoms. The van der Waals surface area contributed by atoms with E-state index in [0.717, 1.165) is 81.7 Å². The van der Waals surface area contributed by atoms with Crippen molar-refractivity contribution in [3.63, 3.8) is 0 Å². The van der Waals surface area contributed by atoms with Crippen molar-refractivity contribution in [3.8, 4) is 17.0 Å². The van der Waals surface area contributed by atoms with Crippen LogP contribution in [-0.4, -0.2) is 109 Å². The molecule has 40 heavy (non-hydrogen) atoms. The van der Waals surface area contributed by atoms with Crippen molar-refractivity contribution in [2.24, 2.45) is 5.41 Å². The number of piperazine rings is 2. The SMILES string of the molecule is CNc1nnc(-c2ccccc2O)cc1N1CCN(c2nccc(N3CCN(C4CC5(CNC5)C4)CC3)n2)CC1. The molecular formula is C29H38N10O. The summed E-state index contributed by atoms with van der Waals surface area (Å²) in [5.74, 6) is 2.76. The van der Waals surface area contributed by atoms with Gasteiger partial charge in [-0.1, -0.05) is 12.1 Å². The van der Waals surface area contributed by atoms with E-state index >= 15 is 0 Å². The number of nitrogens with zero attached hydrogens (tertiary/aromatic N) is 8. The number of phenolic OH excluding ortho intramolecular Hbond substituents is 1. The van der Waals surface area contributed by atoms with E-state index in [9.17, 15) is 5.11 Å². The Morgan fingerprint density at radius 1 is 0.900 bits per heavy atom. The minimum Gasteiger partial charge on any atom is -0.507 e. The van der Waals surface area contributed by atoms with Gasteiger partial charge in [0.1, 0.15) is 11.6 Å². The first kappa shape index (κ1) is 25.3. The molecule has 4 fully saturated rings. The minimum atomic E-state index is 0.200. The molecule has 3 saturated heterocycles. The van der Waals surface area contributed by atoms with Crippen molar-refractivity contribution >= 4 is 23.3 Å². The second-order valence-corrected chi connectivity index (χ2v) is 11.6. The standard InChI is InChI=1S/C29H38N10O/c1-30-27-24(16-23(34-35-27)22-4-2-3-5-25(22)40)37-10-14-39(15-11-37)28-32-7-6-26(33-28)38-12-8-36(9-13-38)21-17-29(18-21)19-31-20-29/h2-7,16,21,31,40H,8-15,17-20H2,1H3,(H,30,35). The number of anilines is 4. The molecule has 210 valence electrons. The van der Waals surface area contributed by atoms with Crippen molar-refractivity contribution < 1.29 is 5.11 Å². The molecule has 0 amide bonds. The van der Waals surface area contributed by atoms with Crippen LogP contribution in [-0.2, 0) is 0 Å². The number of hydrogen-bond acceptors (Lipinski definition) is 11. The van der Waals surface area contributed by atoms with Gasteiger partial charge in [0.15, 0.2) is 5.82 Å². The number of rotatable bonds is 6. The molecule has 0 unspecified atom stereocenters. The first-order valence-corrected chi connectivity index (χ1v) is 14.5. The molecule has 1 saturated carbocycles. The van der Waals surface area contributed by atoms with Crippen molar-refractivity contribution in [2.75, 3.05) is 92.5 Å². The lowest BCUT2D eigenvalue weighted by Gasteiger charge is -2.58. The van der Waals surface area contributed by atoms with Crippen LogP contribution in [0.5, 0.6) is 5.75 Å². The van der Waals surface area contributed by atoms with Crippen LogP contribution in [0.2, 0.25) is 0 Å². The Morgan fingerprint density at radius 2 is 1.62 bits per heavy atom. The number of hydrogen-bond donors (Lipinski definition) is 3. The maximum absolute atomic E-state index is 10.3. The van der Waals surface area contributed by atoms with Gasteiger partial charge in [-0.25, -0.2) is 4.98 Å². The lowest BCUT2D eigenvalue weighted by atomic mass is 9.61. The maximum Gasteiger partial charge on any atom is 0.227 e. The third-order valence-electron chi connectivity index (χ3n) is 9.21. The summed E-state index contributed by atoms with van der Waals surface area (Å²) in [7, 11) is 1.86. The van der Waals surface area contributed by atoms with Crippen LogP contribution in [0.25, 0.3) is 11.3 Å². The summed E-state index contributed by atoms with van der Waals surface area (Å²) in [6.07, 6.45) is 4.64. The van der Waals surface area contributed by atoms with Crippen LogP contribution < -0.4 is 25.3 Å². The van der Waals surface area contributed by atoms with Gasteiger partial charge in [-0.3, -0.25) is 4.90 Å². The highest BCUT2D eigenvalue weighted by molar-refractivity contribution is 5.75. The van der Waals surface area contributed by atoms with Gasteiger partial charge in [0.05, 0.1) is 11.4 Å². The summed E-state index contributed by atoms with van der Waals surface area (Å²) < 4.78 is 0. The largest absolute Gasteiger partial charge is 0.507 e. The van der Waals surface area contributed by atoms with E-state index in [0.29, 0.717) is 16.7 Å². The van der Waals surface area contributed by atoms with Gasteiger partial charge >= 0.3 is 0 Å². The van der Waals surface area contributed by atoms with E-state index in [2.05, 4.69) is 51.5 Å². The van der Waals surface area contributed by atoms with Gasteiger partial charge in [-0.2, -0.15) is 4.98 Å². The summed E-state index contributed by atoms with van der Waals surface area (Å²) in [5.41, 5.74) is 2.94. The van der Waals surface area contributed by atoms with E-state index < -0.39 is 0 Å². The normalized spacial score (nSPS) is 21.3. The number of benzene rings is 1. The molecule has 11 heteroatoms. The van der Waals surface area contributed by atoms with E-state index in [1.165, 1.54) is 25.9 Å². The smallest absolute Gasteiger partial charge is 0.227 e. The predicted octanol–water partition coefficient (Wildman–Crippen LogP) is 1.88. The highest BCUT2D eigenvalue weighted by Gasteiger charge is 2.50. The van der Waals surface area contributed by atoms with E-state index in [4.69, 9.17) is 4.98 Å². The van der Waals surface area contributed by atoms with E-state index in [1.54, 1.807) is 6.07 Å². The molecule has 4 aliphatic rings. The molecule has 3 aliphatic heterocycles. The topological polar surface area (TPSA) is 109 Å². The van der Waals surface area contributed by atoms with Crippen LogP contribution in [0.4, 0.5) is 23.3 Å². The Labute approximate surface area is 235 Å². The fourth-order valence-corrected chi connectivity index (χ4v) is 6.72. The summed E-state index contributed by atoms with van der Waals surface area (Å²) in [6.45, 7) is 9.95. The molecule has 1 spiro atoms. The Balaban J connectivity index is 0.982. The second-order valence-electron chi connectivity index (χ2n) is 11.6. The lowest BCUT2D eigenvalue weighted by Crippen LogP contribution is -2.66.